The van der Waals surface area contributed by atoms with Crippen molar-refractivity contribution in [2.75, 3.05) is 24.5 Å². The van der Waals surface area contributed by atoms with Crippen molar-refractivity contribution in [3.8, 4) is 0 Å². The number of hydrogen-bond donors (Lipinski definition) is 1. The molecule has 0 aromatic carbocycles. The fraction of sp³-hybridized carbons (Fsp3) is 0.571. The second-order valence-electron chi connectivity index (χ2n) is 7.83. The van der Waals surface area contributed by atoms with Crippen LogP contribution < -0.4 is 4.90 Å². The van der Waals surface area contributed by atoms with Crippen molar-refractivity contribution in [2.24, 2.45) is 0 Å². The highest BCUT2D eigenvalue weighted by molar-refractivity contribution is 5.94. The number of aliphatic hydroxyl groups excluding tert-OH is 1. The predicted octanol–water partition coefficient (Wildman–Crippen LogP) is 2.32. The molecule has 2 aromatic heterocycles. The molecule has 4 rings (SSSR count). The van der Waals surface area contributed by atoms with Crippen LogP contribution in [-0.4, -0.2) is 62.5 Å². The van der Waals surface area contributed by atoms with E-state index in [2.05, 4.69) is 15.0 Å². The van der Waals surface area contributed by atoms with Gasteiger partial charge < -0.3 is 14.9 Å². The van der Waals surface area contributed by atoms with Gasteiger partial charge >= 0.3 is 0 Å². The first-order valence-corrected chi connectivity index (χ1v) is 10.4. The molecule has 0 radical (unpaired) electrons. The van der Waals surface area contributed by atoms with Crippen LogP contribution in [0.3, 0.4) is 0 Å². The number of aromatic nitrogens is 3. The first-order chi connectivity index (χ1) is 13.7. The molecule has 0 bridgehead atoms. The number of aliphatic hydroxyl groups is 1. The Balaban J connectivity index is 1.40. The summed E-state index contributed by atoms with van der Waals surface area (Å²) in [5.74, 6) is 0.968. The molecule has 1 amide bonds. The van der Waals surface area contributed by atoms with E-state index < -0.39 is 0 Å². The van der Waals surface area contributed by atoms with Gasteiger partial charge in [0.05, 0.1) is 11.7 Å². The molecule has 28 heavy (non-hydrogen) atoms. The summed E-state index contributed by atoms with van der Waals surface area (Å²) in [4.78, 5) is 21.9. The van der Waals surface area contributed by atoms with Crippen molar-refractivity contribution in [3.05, 3.63) is 42.4 Å². The van der Waals surface area contributed by atoms with Crippen LogP contribution in [0.4, 0.5) is 5.82 Å². The Morgan fingerprint density at radius 1 is 1.14 bits per heavy atom. The van der Waals surface area contributed by atoms with E-state index in [0.29, 0.717) is 5.56 Å². The van der Waals surface area contributed by atoms with E-state index in [0.717, 1.165) is 64.1 Å². The molecule has 150 valence electrons. The molecule has 0 saturated carbocycles. The SMILES string of the molecule is O=C(c1ccc(N2CCC(O)CC2)nc1)N1CCCCC1CCn1cccn1. The lowest BCUT2D eigenvalue weighted by molar-refractivity contribution is 0.0593. The van der Waals surface area contributed by atoms with Gasteiger partial charge in [-0.3, -0.25) is 9.48 Å². The van der Waals surface area contributed by atoms with Crippen LogP contribution in [0.15, 0.2) is 36.8 Å². The topological polar surface area (TPSA) is 74.5 Å². The number of aryl methyl sites for hydroxylation is 1. The average molecular weight is 383 g/mol. The molecular weight excluding hydrogens is 354 g/mol. The van der Waals surface area contributed by atoms with Crippen LogP contribution in [0.1, 0.15) is 48.9 Å². The highest BCUT2D eigenvalue weighted by Crippen LogP contribution is 2.24. The molecule has 1 unspecified atom stereocenters. The largest absolute Gasteiger partial charge is 0.393 e. The normalized spacial score (nSPS) is 21.1. The number of amides is 1. The molecule has 1 atom stereocenters. The van der Waals surface area contributed by atoms with Crippen molar-refractivity contribution < 1.29 is 9.90 Å². The molecule has 2 aliphatic rings. The van der Waals surface area contributed by atoms with Gasteiger partial charge in [-0.2, -0.15) is 5.10 Å². The molecular formula is C21H29N5O2. The van der Waals surface area contributed by atoms with Crippen LogP contribution >= 0.6 is 0 Å². The molecule has 2 aromatic rings. The molecule has 2 aliphatic heterocycles. The minimum Gasteiger partial charge on any atom is -0.393 e. The van der Waals surface area contributed by atoms with Crippen molar-refractivity contribution in [1.82, 2.24) is 19.7 Å². The maximum Gasteiger partial charge on any atom is 0.255 e. The number of rotatable bonds is 5. The molecule has 7 nitrogen and oxygen atoms in total. The monoisotopic (exact) mass is 383 g/mol. The van der Waals surface area contributed by atoms with E-state index in [-0.39, 0.29) is 18.1 Å². The summed E-state index contributed by atoms with van der Waals surface area (Å²) in [6.45, 7) is 3.26. The van der Waals surface area contributed by atoms with Gasteiger partial charge in [0.2, 0.25) is 0 Å². The number of hydrogen-bond acceptors (Lipinski definition) is 5. The number of nitrogens with zero attached hydrogens (tertiary/aromatic N) is 5. The Morgan fingerprint density at radius 2 is 2.00 bits per heavy atom. The van der Waals surface area contributed by atoms with Crippen LogP contribution in [0.25, 0.3) is 0 Å². The maximum atomic E-state index is 13.1. The highest BCUT2D eigenvalue weighted by atomic mass is 16.3. The van der Waals surface area contributed by atoms with Crippen molar-refractivity contribution in [1.29, 1.82) is 0 Å². The third-order valence-corrected chi connectivity index (χ3v) is 5.92. The van der Waals surface area contributed by atoms with Gasteiger partial charge in [-0.05, 0) is 56.7 Å². The Bertz CT molecular complexity index is 754. The first kappa shape index (κ1) is 18.9. The minimum absolute atomic E-state index is 0.0817. The summed E-state index contributed by atoms with van der Waals surface area (Å²) in [6, 6.07) is 6.02. The molecule has 4 heterocycles. The summed E-state index contributed by atoms with van der Waals surface area (Å²) < 4.78 is 1.93. The number of anilines is 1. The summed E-state index contributed by atoms with van der Waals surface area (Å²) >= 11 is 0. The third-order valence-electron chi connectivity index (χ3n) is 5.92. The van der Waals surface area contributed by atoms with E-state index in [9.17, 15) is 9.90 Å². The smallest absolute Gasteiger partial charge is 0.255 e. The molecule has 7 heteroatoms. The van der Waals surface area contributed by atoms with Gasteiger partial charge in [-0.15, -0.1) is 0 Å². The standard InChI is InChI=1S/C21H29N5O2/c27-19-8-13-24(14-9-19)20-6-5-17(16-22-20)21(28)26-12-2-1-4-18(26)7-15-25-11-3-10-23-25/h3,5-6,10-11,16,18-19,27H,1-2,4,7-9,12-15H2. The quantitative estimate of drug-likeness (QED) is 0.858. The molecule has 0 aliphatic carbocycles. The second kappa shape index (κ2) is 8.73. The highest BCUT2D eigenvalue weighted by Gasteiger charge is 2.28. The zero-order valence-electron chi connectivity index (χ0n) is 16.3. The average Bonchev–Trinajstić information content (AvgIpc) is 3.26. The zero-order valence-corrected chi connectivity index (χ0v) is 16.3. The van der Waals surface area contributed by atoms with Crippen molar-refractivity contribution in [3.63, 3.8) is 0 Å². The molecule has 2 fully saturated rings. The summed E-state index contributed by atoms with van der Waals surface area (Å²) in [5, 5.41) is 13.9. The van der Waals surface area contributed by atoms with E-state index in [4.69, 9.17) is 0 Å². The number of piperidine rings is 2. The lowest BCUT2D eigenvalue weighted by Crippen LogP contribution is -2.44. The van der Waals surface area contributed by atoms with E-state index in [1.165, 1.54) is 6.42 Å². The van der Waals surface area contributed by atoms with E-state index in [1.807, 2.05) is 34.0 Å². The Labute approximate surface area is 166 Å². The second-order valence-corrected chi connectivity index (χ2v) is 7.83. The van der Waals surface area contributed by atoms with Crippen molar-refractivity contribution >= 4 is 11.7 Å². The van der Waals surface area contributed by atoms with Gasteiger partial charge in [0.15, 0.2) is 0 Å². The predicted molar refractivity (Wildman–Crippen MR) is 107 cm³/mol. The minimum atomic E-state index is -0.199. The number of likely N-dealkylation sites (tertiary alicyclic amines) is 1. The fourth-order valence-corrected chi connectivity index (χ4v) is 4.24. The fourth-order valence-electron chi connectivity index (χ4n) is 4.24. The van der Waals surface area contributed by atoms with E-state index >= 15 is 0 Å². The van der Waals surface area contributed by atoms with Crippen LogP contribution in [0, 0.1) is 0 Å². The van der Waals surface area contributed by atoms with E-state index in [1.54, 1.807) is 12.4 Å². The lowest BCUT2D eigenvalue weighted by Gasteiger charge is -2.36. The van der Waals surface area contributed by atoms with Crippen LogP contribution in [-0.2, 0) is 6.54 Å². The molecule has 2 saturated heterocycles. The number of pyridine rings is 1. The zero-order chi connectivity index (χ0) is 19.3. The van der Waals surface area contributed by atoms with Gasteiger partial charge in [0.1, 0.15) is 5.82 Å². The maximum absolute atomic E-state index is 13.1. The first-order valence-electron chi connectivity index (χ1n) is 10.4. The Morgan fingerprint density at radius 3 is 2.71 bits per heavy atom. The summed E-state index contributed by atoms with van der Waals surface area (Å²) in [7, 11) is 0. The molecule has 0 spiro atoms. The Kier molecular flexibility index (Phi) is 5.90. The number of carbonyl (C=O) groups is 1. The van der Waals surface area contributed by atoms with Gasteiger partial charge in [0, 0.05) is 50.8 Å². The van der Waals surface area contributed by atoms with Crippen LogP contribution in [0.2, 0.25) is 0 Å². The lowest BCUT2D eigenvalue weighted by atomic mass is 9.98. The summed E-state index contributed by atoms with van der Waals surface area (Å²) in [5.41, 5.74) is 0.659. The summed E-state index contributed by atoms with van der Waals surface area (Å²) in [6.07, 6.45) is 11.0. The van der Waals surface area contributed by atoms with Crippen molar-refractivity contribution in [2.45, 2.75) is 57.2 Å². The Hall–Kier alpha value is -2.41. The number of carbonyl (C=O) groups excluding carboxylic acids is 1. The van der Waals surface area contributed by atoms with Gasteiger partial charge in [-0.25, -0.2) is 4.98 Å². The third kappa shape index (κ3) is 4.35. The van der Waals surface area contributed by atoms with Gasteiger partial charge in [-0.1, -0.05) is 0 Å². The van der Waals surface area contributed by atoms with Gasteiger partial charge in [0.25, 0.3) is 5.91 Å². The van der Waals surface area contributed by atoms with Crippen LogP contribution in [0.5, 0.6) is 0 Å². The molecule has 1 N–H and O–H groups in total.